The van der Waals surface area contributed by atoms with Gasteiger partial charge in [-0.15, -0.1) is 0 Å². The maximum Gasteiger partial charge on any atom is 0.288 e. The summed E-state index contributed by atoms with van der Waals surface area (Å²) in [7, 11) is 0. The summed E-state index contributed by atoms with van der Waals surface area (Å²) >= 11 is 0. The van der Waals surface area contributed by atoms with Crippen molar-refractivity contribution in [2.75, 3.05) is 0 Å². The van der Waals surface area contributed by atoms with E-state index in [1.807, 2.05) is 18.2 Å². The van der Waals surface area contributed by atoms with E-state index in [1.165, 1.54) is 24.3 Å². The highest BCUT2D eigenvalue weighted by atomic mass is 16.6. The van der Waals surface area contributed by atoms with Gasteiger partial charge in [-0.2, -0.15) is 0 Å². The van der Waals surface area contributed by atoms with Crippen molar-refractivity contribution in [3.05, 3.63) is 82.0 Å². The molecule has 2 aromatic carbocycles. The number of non-ortho nitro benzene ring substituents is 1. The normalized spacial score (nSPS) is 10.2. The molecule has 0 aliphatic heterocycles. The Morgan fingerprint density at radius 2 is 1.56 bits per heavy atom. The van der Waals surface area contributed by atoms with E-state index in [2.05, 4.69) is 15.8 Å². The van der Waals surface area contributed by atoms with Crippen LogP contribution >= 0.6 is 0 Å². The van der Waals surface area contributed by atoms with Crippen LogP contribution in [0.25, 0.3) is 10.9 Å². The maximum absolute atomic E-state index is 12.1. The van der Waals surface area contributed by atoms with Crippen molar-refractivity contribution < 1.29 is 14.5 Å². The molecule has 1 heterocycles. The van der Waals surface area contributed by atoms with Crippen LogP contribution in [0.2, 0.25) is 0 Å². The lowest BCUT2D eigenvalue weighted by molar-refractivity contribution is -0.384. The molecule has 0 aliphatic rings. The first-order chi connectivity index (χ1) is 12.0. The number of amides is 2. The van der Waals surface area contributed by atoms with E-state index < -0.39 is 16.7 Å². The highest BCUT2D eigenvalue weighted by Gasteiger charge is 2.12. The number of nitro groups is 1. The number of carbonyl (C=O) groups is 2. The summed E-state index contributed by atoms with van der Waals surface area (Å²) in [5, 5.41) is 11.5. The van der Waals surface area contributed by atoms with Crippen molar-refractivity contribution in [1.29, 1.82) is 0 Å². The summed E-state index contributed by atoms with van der Waals surface area (Å²) in [6, 6.07) is 15.7. The van der Waals surface area contributed by atoms with Gasteiger partial charge in [0.1, 0.15) is 5.69 Å². The van der Waals surface area contributed by atoms with Gasteiger partial charge in [-0.1, -0.05) is 24.3 Å². The molecule has 2 N–H and O–H groups in total. The number of nitrogens with zero attached hydrogens (tertiary/aromatic N) is 2. The van der Waals surface area contributed by atoms with Crippen LogP contribution in [0.3, 0.4) is 0 Å². The lowest BCUT2D eigenvalue weighted by atomic mass is 10.2. The molecule has 1 aromatic heterocycles. The Balaban J connectivity index is 1.66. The first-order valence-corrected chi connectivity index (χ1v) is 7.25. The number of aromatic nitrogens is 1. The van der Waals surface area contributed by atoms with Crippen molar-refractivity contribution in [3.8, 4) is 0 Å². The minimum absolute atomic E-state index is 0.124. The summed E-state index contributed by atoms with van der Waals surface area (Å²) < 4.78 is 0. The van der Waals surface area contributed by atoms with E-state index in [-0.39, 0.29) is 16.9 Å². The summed E-state index contributed by atoms with van der Waals surface area (Å²) in [5.41, 5.74) is 5.38. The fraction of sp³-hybridized carbons (Fsp3) is 0. The average Bonchev–Trinajstić information content (AvgIpc) is 2.65. The smallest absolute Gasteiger partial charge is 0.267 e. The molecule has 0 fully saturated rings. The van der Waals surface area contributed by atoms with Crippen LogP contribution in [-0.2, 0) is 0 Å². The highest BCUT2D eigenvalue weighted by molar-refractivity contribution is 5.99. The molecule has 8 heteroatoms. The maximum atomic E-state index is 12.1. The topological polar surface area (TPSA) is 114 Å². The molecular formula is C17H12N4O4. The molecule has 0 unspecified atom stereocenters. The molecule has 3 aromatic rings. The summed E-state index contributed by atoms with van der Waals surface area (Å²) in [5.74, 6) is -1.16. The van der Waals surface area contributed by atoms with Crippen molar-refractivity contribution in [2.24, 2.45) is 0 Å². The lowest BCUT2D eigenvalue weighted by Crippen LogP contribution is -2.41. The third kappa shape index (κ3) is 3.58. The molecule has 25 heavy (non-hydrogen) atoms. The van der Waals surface area contributed by atoms with E-state index in [9.17, 15) is 19.7 Å². The molecule has 124 valence electrons. The van der Waals surface area contributed by atoms with E-state index in [0.717, 1.165) is 5.39 Å². The molecule has 0 radical (unpaired) electrons. The minimum atomic E-state index is -0.593. The van der Waals surface area contributed by atoms with Gasteiger partial charge in [0.15, 0.2) is 0 Å². The second-order valence-electron chi connectivity index (χ2n) is 5.10. The second kappa shape index (κ2) is 6.75. The van der Waals surface area contributed by atoms with Gasteiger partial charge < -0.3 is 0 Å². The fourth-order valence-electron chi connectivity index (χ4n) is 2.18. The van der Waals surface area contributed by atoms with Gasteiger partial charge >= 0.3 is 0 Å². The van der Waals surface area contributed by atoms with Gasteiger partial charge in [-0.3, -0.25) is 30.6 Å². The summed E-state index contributed by atoms with van der Waals surface area (Å²) in [6.45, 7) is 0. The monoisotopic (exact) mass is 336 g/mol. The van der Waals surface area contributed by atoms with Crippen molar-refractivity contribution in [3.63, 3.8) is 0 Å². The van der Waals surface area contributed by atoms with Gasteiger partial charge in [0.2, 0.25) is 0 Å². The van der Waals surface area contributed by atoms with Crippen LogP contribution in [-0.4, -0.2) is 21.7 Å². The summed E-state index contributed by atoms with van der Waals surface area (Å²) in [6.07, 6.45) is 0. The molecule has 0 aliphatic carbocycles. The number of hydrogen-bond donors (Lipinski definition) is 2. The molecule has 0 saturated heterocycles. The first-order valence-electron chi connectivity index (χ1n) is 7.25. The number of rotatable bonds is 3. The average molecular weight is 336 g/mol. The van der Waals surface area contributed by atoms with Crippen LogP contribution in [0, 0.1) is 10.1 Å². The number of nitro benzene ring substituents is 1. The SMILES string of the molecule is O=C(NNC(=O)c1ccc2ccccc2n1)c1ccc([N+](=O)[O-])cc1. The highest BCUT2D eigenvalue weighted by Crippen LogP contribution is 2.12. The number of hydrazine groups is 1. The van der Waals surface area contributed by atoms with Gasteiger partial charge in [0.25, 0.3) is 17.5 Å². The zero-order chi connectivity index (χ0) is 17.8. The number of nitrogens with one attached hydrogen (secondary N) is 2. The standard InChI is InChI=1S/C17H12N4O4/c22-16(12-5-8-13(9-6-12)21(24)25)19-20-17(23)15-10-7-11-3-1-2-4-14(11)18-15/h1-10H,(H,19,22)(H,20,23). The molecule has 0 atom stereocenters. The van der Waals surface area contributed by atoms with Crippen LogP contribution in [0.1, 0.15) is 20.8 Å². The number of benzene rings is 2. The number of pyridine rings is 1. The number of carbonyl (C=O) groups excluding carboxylic acids is 2. The molecule has 8 nitrogen and oxygen atoms in total. The Hall–Kier alpha value is -3.81. The molecular weight excluding hydrogens is 324 g/mol. The Kier molecular flexibility index (Phi) is 4.34. The number of hydrogen-bond acceptors (Lipinski definition) is 5. The van der Waals surface area contributed by atoms with Crippen LogP contribution in [0.15, 0.2) is 60.7 Å². The molecule has 2 amide bonds. The Bertz CT molecular complexity index is 970. The Morgan fingerprint density at radius 1 is 0.880 bits per heavy atom. The third-order valence-electron chi connectivity index (χ3n) is 3.46. The van der Waals surface area contributed by atoms with Gasteiger partial charge in [-0.25, -0.2) is 4.98 Å². The van der Waals surface area contributed by atoms with Crippen molar-refractivity contribution in [2.45, 2.75) is 0 Å². The minimum Gasteiger partial charge on any atom is -0.267 e. The van der Waals surface area contributed by atoms with E-state index in [4.69, 9.17) is 0 Å². The van der Waals surface area contributed by atoms with Crippen LogP contribution in [0.4, 0.5) is 5.69 Å². The molecule has 0 saturated carbocycles. The number of fused-ring (bicyclic) bond motifs is 1. The quantitative estimate of drug-likeness (QED) is 0.562. The van der Waals surface area contributed by atoms with Crippen molar-refractivity contribution >= 4 is 28.4 Å². The van der Waals surface area contributed by atoms with Gasteiger partial charge in [0.05, 0.1) is 10.4 Å². The number of para-hydroxylation sites is 1. The van der Waals surface area contributed by atoms with E-state index >= 15 is 0 Å². The van der Waals surface area contributed by atoms with Crippen LogP contribution < -0.4 is 10.9 Å². The zero-order valence-corrected chi connectivity index (χ0v) is 12.8. The molecule has 0 spiro atoms. The van der Waals surface area contributed by atoms with E-state index in [0.29, 0.717) is 5.52 Å². The zero-order valence-electron chi connectivity index (χ0n) is 12.8. The third-order valence-corrected chi connectivity index (χ3v) is 3.46. The Morgan fingerprint density at radius 3 is 2.28 bits per heavy atom. The lowest BCUT2D eigenvalue weighted by Gasteiger charge is -2.07. The molecule has 0 bridgehead atoms. The largest absolute Gasteiger partial charge is 0.288 e. The first kappa shape index (κ1) is 16.1. The van der Waals surface area contributed by atoms with Crippen LogP contribution in [0.5, 0.6) is 0 Å². The summed E-state index contributed by atoms with van der Waals surface area (Å²) in [4.78, 5) is 38.3. The predicted octanol–water partition coefficient (Wildman–Crippen LogP) is 2.22. The second-order valence-corrected chi connectivity index (χ2v) is 5.10. The van der Waals surface area contributed by atoms with Gasteiger partial charge in [0, 0.05) is 23.1 Å². The fourth-order valence-corrected chi connectivity index (χ4v) is 2.18. The predicted molar refractivity (Wildman–Crippen MR) is 89.8 cm³/mol. The van der Waals surface area contributed by atoms with Gasteiger partial charge in [-0.05, 0) is 24.3 Å². The molecule has 3 rings (SSSR count). The van der Waals surface area contributed by atoms with E-state index in [1.54, 1.807) is 18.2 Å². The van der Waals surface area contributed by atoms with Crippen molar-refractivity contribution in [1.82, 2.24) is 15.8 Å². The Labute approximate surface area is 141 Å².